The van der Waals surface area contributed by atoms with Crippen LogP contribution in [0.5, 0.6) is 0 Å². The van der Waals surface area contributed by atoms with Crippen LogP contribution in [0.1, 0.15) is 40.0 Å². The molecule has 0 amide bonds. The monoisotopic (exact) mass is 244 g/mol. The van der Waals surface area contributed by atoms with Crippen molar-refractivity contribution in [3.8, 4) is 0 Å². The molecule has 1 rings (SSSR count). The van der Waals surface area contributed by atoms with Crippen molar-refractivity contribution >= 4 is 0 Å². The van der Waals surface area contributed by atoms with E-state index in [2.05, 4.69) is 24.1 Å². The molecule has 1 aliphatic heterocycles. The zero-order valence-electron chi connectivity index (χ0n) is 11.4. The molecule has 102 valence electrons. The largest absolute Gasteiger partial charge is 0.394 e. The molecule has 0 spiro atoms. The Kier molecular flexibility index (Phi) is 5.86. The highest BCUT2D eigenvalue weighted by atomic mass is 16.3. The normalized spacial score (nSPS) is 20.1. The summed E-state index contributed by atoms with van der Waals surface area (Å²) in [6.45, 7) is 8.67. The Bertz CT molecular complexity index is 201. The predicted octanol–water partition coefficient (Wildman–Crippen LogP) is 0.582. The molecule has 4 nitrogen and oxygen atoms in total. The van der Waals surface area contributed by atoms with E-state index in [4.69, 9.17) is 0 Å². The highest BCUT2D eigenvalue weighted by Gasteiger charge is 2.31. The molecule has 1 aliphatic rings. The van der Waals surface area contributed by atoms with Crippen LogP contribution in [0.25, 0.3) is 0 Å². The zero-order chi connectivity index (χ0) is 12.9. The van der Waals surface area contributed by atoms with Gasteiger partial charge in [-0.1, -0.05) is 6.92 Å². The van der Waals surface area contributed by atoms with Gasteiger partial charge in [-0.15, -0.1) is 0 Å². The lowest BCUT2D eigenvalue weighted by Gasteiger charge is -2.40. The third-order valence-corrected chi connectivity index (χ3v) is 4.05. The summed E-state index contributed by atoms with van der Waals surface area (Å²) in [7, 11) is 0. The first-order valence-electron chi connectivity index (χ1n) is 6.80. The Morgan fingerprint density at radius 1 is 1.24 bits per heavy atom. The third-order valence-electron chi connectivity index (χ3n) is 4.05. The van der Waals surface area contributed by atoms with Gasteiger partial charge in [0.25, 0.3) is 0 Å². The second kappa shape index (κ2) is 6.69. The van der Waals surface area contributed by atoms with Crippen molar-refractivity contribution in [2.45, 2.75) is 57.7 Å². The van der Waals surface area contributed by atoms with E-state index in [1.54, 1.807) is 0 Å². The number of aliphatic hydroxyl groups excluding tert-OH is 2. The van der Waals surface area contributed by atoms with Gasteiger partial charge in [0.2, 0.25) is 0 Å². The van der Waals surface area contributed by atoms with E-state index in [1.807, 2.05) is 6.92 Å². The van der Waals surface area contributed by atoms with E-state index in [-0.39, 0.29) is 13.2 Å². The van der Waals surface area contributed by atoms with Crippen LogP contribution in [0.3, 0.4) is 0 Å². The van der Waals surface area contributed by atoms with Crippen molar-refractivity contribution in [3.05, 3.63) is 0 Å². The van der Waals surface area contributed by atoms with E-state index >= 15 is 0 Å². The van der Waals surface area contributed by atoms with Crippen LogP contribution in [0, 0.1) is 0 Å². The van der Waals surface area contributed by atoms with E-state index in [0.29, 0.717) is 12.1 Å². The summed E-state index contributed by atoms with van der Waals surface area (Å²) in [6, 6.07) is 1.03. The molecule has 0 aromatic rings. The standard InChI is InChI=1S/C13H28N2O2/c1-4-13(9-16,10-17)14-12-5-7-15(8-6-12)11(2)3/h11-12,14,16-17H,4-10H2,1-3H3. The van der Waals surface area contributed by atoms with Crippen LogP contribution in [0.4, 0.5) is 0 Å². The SMILES string of the molecule is CCC(CO)(CO)NC1CCN(C(C)C)CC1. The van der Waals surface area contributed by atoms with Crippen molar-refractivity contribution < 1.29 is 10.2 Å². The first-order valence-corrected chi connectivity index (χ1v) is 6.80. The van der Waals surface area contributed by atoms with Crippen LogP contribution in [0.15, 0.2) is 0 Å². The summed E-state index contributed by atoms with van der Waals surface area (Å²) >= 11 is 0. The minimum atomic E-state index is -0.495. The zero-order valence-corrected chi connectivity index (χ0v) is 11.4. The number of nitrogens with zero attached hydrogens (tertiary/aromatic N) is 1. The number of rotatable bonds is 6. The second-order valence-electron chi connectivity index (χ2n) is 5.50. The fraction of sp³-hybridized carbons (Fsp3) is 1.00. The van der Waals surface area contributed by atoms with Gasteiger partial charge in [-0.25, -0.2) is 0 Å². The van der Waals surface area contributed by atoms with Gasteiger partial charge in [0.05, 0.1) is 18.8 Å². The molecule has 4 heteroatoms. The number of hydrogen-bond donors (Lipinski definition) is 3. The minimum Gasteiger partial charge on any atom is -0.394 e. The van der Waals surface area contributed by atoms with Gasteiger partial charge in [-0.3, -0.25) is 0 Å². The first-order chi connectivity index (χ1) is 8.06. The van der Waals surface area contributed by atoms with Gasteiger partial charge in [0, 0.05) is 12.1 Å². The topological polar surface area (TPSA) is 55.7 Å². The molecule has 0 unspecified atom stereocenters. The van der Waals surface area contributed by atoms with Crippen LogP contribution >= 0.6 is 0 Å². The maximum absolute atomic E-state index is 9.41. The second-order valence-corrected chi connectivity index (χ2v) is 5.50. The molecule has 1 saturated heterocycles. The van der Waals surface area contributed by atoms with Gasteiger partial charge >= 0.3 is 0 Å². The maximum Gasteiger partial charge on any atom is 0.0647 e. The fourth-order valence-corrected chi connectivity index (χ4v) is 2.46. The number of nitrogens with one attached hydrogen (secondary N) is 1. The molecule has 1 heterocycles. The van der Waals surface area contributed by atoms with E-state index in [1.165, 1.54) is 0 Å². The lowest BCUT2D eigenvalue weighted by atomic mass is 9.94. The van der Waals surface area contributed by atoms with Crippen LogP contribution < -0.4 is 5.32 Å². The van der Waals surface area contributed by atoms with E-state index in [0.717, 1.165) is 32.4 Å². The van der Waals surface area contributed by atoms with Crippen molar-refractivity contribution in [3.63, 3.8) is 0 Å². The molecule has 0 atom stereocenters. The fourth-order valence-electron chi connectivity index (χ4n) is 2.46. The molecule has 1 fully saturated rings. The lowest BCUT2D eigenvalue weighted by Crippen LogP contribution is -2.58. The van der Waals surface area contributed by atoms with E-state index < -0.39 is 5.54 Å². The highest BCUT2D eigenvalue weighted by molar-refractivity contribution is 4.91. The average Bonchev–Trinajstić information content (AvgIpc) is 2.37. The first kappa shape index (κ1) is 14.9. The Morgan fingerprint density at radius 2 is 1.76 bits per heavy atom. The van der Waals surface area contributed by atoms with Crippen molar-refractivity contribution in [1.29, 1.82) is 0 Å². The molecule has 0 saturated carbocycles. The summed E-state index contributed by atoms with van der Waals surface area (Å²) in [5.41, 5.74) is -0.495. The molecular formula is C13H28N2O2. The molecule has 0 radical (unpaired) electrons. The van der Waals surface area contributed by atoms with Gasteiger partial charge in [-0.05, 0) is 46.2 Å². The molecule has 17 heavy (non-hydrogen) atoms. The maximum atomic E-state index is 9.41. The third kappa shape index (κ3) is 3.91. The number of aliphatic hydroxyl groups is 2. The molecule has 0 aromatic heterocycles. The molecule has 3 N–H and O–H groups in total. The van der Waals surface area contributed by atoms with E-state index in [9.17, 15) is 10.2 Å². The number of piperidine rings is 1. The molecule has 0 aliphatic carbocycles. The number of hydrogen-bond acceptors (Lipinski definition) is 4. The van der Waals surface area contributed by atoms with Crippen LogP contribution in [-0.2, 0) is 0 Å². The number of likely N-dealkylation sites (tertiary alicyclic amines) is 1. The van der Waals surface area contributed by atoms with Gasteiger partial charge in [0.15, 0.2) is 0 Å². The summed E-state index contributed by atoms with van der Waals surface area (Å²) in [5, 5.41) is 22.3. The van der Waals surface area contributed by atoms with Crippen molar-refractivity contribution in [2.75, 3.05) is 26.3 Å². The van der Waals surface area contributed by atoms with Crippen molar-refractivity contribution in [1.82, 2.24) is 10.2 Å². The van der Waals surface area contributed by atoms with Crippen molar-refractivity contribution in [2.24, 2.45) is 0 Å². The summed E-state index contributed by atoms with van der Waals surface area (Å²) < 4.78 is 0. The van der Waals surface area contributed by atoms with Crippen LogP contribution in [-0.4, -0.2) is 59.0 Å². The summed E-state index contributed by atoms with van der Waals surface area (Å²) in [6.07, 6.45) is 2.95. The predicted molar refractivity (Wildman–Crippen MR) is 70.1 cm³/mol. The minimum absolute atomic E-state index is 0.00436. The van der Waals surface area contributed by atoms with Gasteiger partial charge in [0.1, 0.15) is 0 Å². The molecule has 0 aromatic carbocycles. The van der Waals surface area contributed by atoms with Gasteiger partial charge < -0.3 is 20.4 Å². The Labute approximate surface area is 105 Å². The smallest absolute Gasteiger partial charge is 0.0647 e. The summed E-state index contributed by atoms with van der Waals surface area (Å²) in [5.74, 6) is 0. The van der Waals surface area contributed by atoms with Crippen LogP contribution in [0.2, 0.25) is 0 Å². The Hall–Kier alpha value is -0.160. The molecule has 0 bridgehead atoms. The molecular weight excluding hydrogens is 216 g/mol. The lowest BCUT2D eigenvalue weighted by molar-refractivity contribution is 0.0620. The van der Waals surface area contributed by atoms with Gasteiger partial charge in [-0.2, -0.15) is 0 Å². The quantitative estimate of drug-likeness (QED) is 0.640. The average molecular weight is 244 g/mol. The Balaban J connectivity index is 2.44. The highest BCUT2D eigenvalue weighted by Crippen LogP contribution is 2.17. The Morgan fingerprint density at radius 3 is 2.12 bits per heavy atom. The summed E-state index contributed by atoms with van der Waals surface area (Å²) in [4.78, 5) is 2.48.